The van der Waals surface area contributed by atoms with Crippen molar-refractivity contribution in [2.24, 2.45) is 0 Å². The van der Waals surface area contributed by atoms with Crippen molar-refractivity contribution in [3.05, 3.63) is 133 Å². The topological polar surface area (TPSA) is 46.0 Å². The second-order valence-corrected chi connectivity index (χ2v) is 8.76. The second kappa shape index (κ2) is 10.9. The Morgan fingerprint density at radius 3 is 2.08 bits per heavy atom. The van der Waals surface area contributed by atoms with Gasteiger partial charge in [0.2, 0.25) is 0 Å². The molecule has 0 atom stereocenters. The molecule has 3 heteroatoms. The maximum atomic E-state index is 10.6. The molecule has 0 aliphatic rings. The van der Waals surface area contributed by atoms with Gasteiger partial charge in [0.05, 0.1) is 17.1 Å². The van der Waals surface area contributed by atoms with Gasteiger partial charge in [-0.15, -0.1) is 0 Å². The van der Waals surface area contributed by atoms with E-state index in [9.17, 15) is 5.11 Å². The molecule has 2 heterocycles. The summed E-state index contributed by atoms with van der Waals surface area (Å²) in [6.45, 7) is 4.08. The molecule has 3 aromatic carbocycles. The lowest BCUT2D eigenvalue weighted by atomic mass is 9.96. The van der Waals surface area contributed by atoms with Gasteiger partial charge in [-0.05, 0) is 78.6 Å². The van der Waals surface area contributed by atoms with Crippen LogP contribution in [0.2, 0.25) is 0 Å². The molecule has 2 aromatic heterocycles. The zero-order chi connectivity index (χ0) is 25.6. The lowest BCUT2D eigenvalue weighted by molar-refractivity contribution is 0.477. The van der Waals surface area contributed by atoms with Crippen LogP contribution in [0.4, 0.5) is 0 Å². The highest BCUT2D eigenvalue weighted by molar-refractivity contribution is 5.81. The quantitative estimate of drug-likeness (QED) is 0.247. The molecule has 0 amide bonds. The summed E-state index contributed by atoms with van der Waals surface area (Å²) in [6, 6.07) is 34.2. The number of hydrogen-bond donors (Lipinski definition) is 1. The van der Waals surface area contributed by atoms with E-state index in [0.29, 0.717) is 5.56 Å². The van der Waals surface area contributed by atoms with E-state index in [4.69, 9.17) is 4.98 Å². The summed E-state index contributed by atoms with van der Waals surface area (Å²) in [5.74, 6) is 0.208. The van der Waals surface area contributed by atoms with Crippen LogP contribution >= 0.6 is 0 Å². The lowest BCUT2D eigenvalue weighted by Gasteiger charge is -2.12. The fourth-order valence-corrected chi connectivity index (χ4v) is 4.44. The van der Waals surface area contributed by atoms with Crippen molar-refractivity contribution in [1.29, 1.82) is 0 Å². The maximum Gasteiger partial charge on any atom is 0.124 e. The molecular formula is C34H28N2O. The molecule has 0 radical (unpaired) electrons. The first kappa shape index (κ1) is 24.0. The normalized spacial score (nSPS) is 11.7. The van der Waals surface area contributed by atoms with Crippen LogP contribution in [0.3, 0.4) is 0 Å². The molecule has 0 saturated heterocycles. The first-order valence-corrected chi connectivity index (χ1v) is 12.4. The predicted molar refractivity (Wildman–Crippen MR) is 154 cm³/mol. The highest BCUT2D eigenvalue weighted by atomic mass is 16.3. The van der Waals surface area contributed by atoms with Crippen LogP contribution in [-0.2, 0) is 0 Å². The average molecular weight is 481 g/mol. The zero-order valence-electron chi connectivity index (χ0n) is 21.0. The average Bonchev–Trinajstić information content (AvgIpc) is 2.96. The Balaban J connectivity index is 1.64. The molecule has 0 unspecified atom stereocenters. The Hall–Kier alpha value is -4.76. The number of hydrogen-bond acceptors (Lipinski definition) is 3. The Kier molecular flexibility index (Phi) is 7.05. The molecule has 5 rings (SSSR count). The van der Waals surface area contributed by atoms with Crippen molar-refractivity contribution < 1.29 is 5.11 Å². The maximum absolute atomic E-state index is 10.6. The molecule has 3 nitrogen and oxygen atoms in total. The molecule has 1 N–H and O–H groups in total. The number of benzene rings is 3. The van der Waals surface area contributed by atoms with Gasteiger partial charge in [-0.3, -0.25) is 4.98 Å². The predicted octanol–water partition coefficient (Wildman–Crippen LogP) is 8.83. The Morgan fingerprint density at radius 1 is 0.649 bits per heavy atom. The van der Waals surface area contributed by atoms with Crippen molar-refractivity contribution in [3.8, 4) is 50.6 Å². The van der Waals surface area contributed by atoms with Gasteiger partial charge >= 0.3 is 0 Å². The number of nitrogens with zero attached hydrogens (tertiary/aromatic N) is 2. The minimum Gasteiger partial charge on any atom is -0.507 e. The van der Waals surface area contributed by atoms with Crippen molar-refractivity contribution in [1.82, 2.24) is 9.97 Å². The smallest absolute Gasteiger partial charge is 0.124 e. The van der Waals surface area contributed by atoms with Crippen LogP contribution in [-0.4, -0.2) is 15.1 Å². The van der Waals surface area contributed by atoms with Gasteiger partial charge in [0.1, 0.15) is 5.75 Å². The number of para-hydroxylation sites is 1. The standard InChI is InChI=1S/C34H28N2O/c1-3-10-24(4-2)25-16-18-26(19-17-25)29-22-32(36-33(23-29)30-13-5-6-15-34(30)37)28-12-9-11-27(21-28)31-14-7-8-20-35-31/h3-23,37H,1-2H3. The van der Waals surface area contributed by atoms with Crippen molar-refractivity contribution in [2.75, 3.05) is 0 Å². The number of pyridine rings is 2. The summed E-state index contributed by atoms with van der Waals surface area (Å²) in [6.07, 6.45) is 8.08. The van der Waals surface area contributed by atoms with E-state index >= 15 is 0 Å². The van der Waals surface area contributed by atoms with Crippen molar-refractivity contribution >= 4 is 5.57 Å². The monoisotopic (exact) mass is 480 g/mol. The number of aromatic hydroxyl groups is 1. The van der Waals surface area contributed by atoms with Gasteiger partial charge in [-0.25, -0.2) is 4.98 Å². The van der Waals surface area contributed by atoms with E-state index in [0.717, 1.165) is 39.3 Å². The summed E-state index contributed by atoms with van der Waals surface area (Å²) in [4.78, 5) is 9.49. The molecule has 0 aliphatic carbocycles. The van der Waals surface area contributed by atoms with Crippen LogP contribution < -0.4 is 0 Å². The van der Waals surface area contributed by atoms with Gasteiger partial charge in [0, 0.05) is 22.9 Å². The Morgan fingerprint density at radius 2 is 1.38 bits per heavy atom. The van der Waals surface area contributed by atoms with E-state index < -0.39 is 0 Å². The van der Waals surface area contributed by atoms with Crippen LogP contribution in [0, 0.1) is 0 Å². The first-order chi connectivity index (χ1) is 18.2. The van der Waals surface area contributed by atoms with Gasteiger partial charge in [-0.2, -0.15) is 0 Å². The lowest BCUT2D eigenvalue weighted by Crippen LogP contribution is -1.92. The highest BCUT2D eigenvalue weighted by Gasteiger charge is 2.12. The largest absolute Gasteiger partial charge is 0.507 e. The van der Waals surface area contributed by atoms with Gasteiger partial charge in [0.15, 0.2) is 0 Å². The Labute approximate surface area is 218 Å². The van der Waals surface area contributed by atoms with Gasteiger partial charge in [-0.1, -0.05) is 78.9 Å². The molecule has 0 spiro atoms. The molecule has 5 aromatic rings. The fourth-order valence-electron chi connectivity index (χ4n) is 4.44. The van der Waals surface area contributed by atoms with Crippen LogP contribution in [0.1, 0.15) is 19.4 Å². The third-order valence-corrected chi connectivity index (χ3v) is 6.33. The van der Waals surface area contributed by atoms with Gasteiger partial charge in [0.25, 0.3) is 0 Å². The minimum absolute atomic E-state index is 0.208. The number of rotatable bonds is 6. The summed E-state index contributed by atoms with van der Waals surface area (Å²) >= 11 is 0. The fraction of sp³-hybridized carbons (Fsp3) is 0.0588. The SMILES string of the molecule is CC=CC(=CC)c1ccc(-c2cc(-c3cccc(-c4ccccn4)c3)nc(-c3ccccc3O)c2)cc1. The van der Waals surface area contributed by atoms with Gasteiger partial charge < -0.3 is 5.11 Å². The zero-order valence-corrected chi connectivity index (χ0v) is 21.0. The third-order valence-electron chi connectivity index (χ3n) is 6.33. The van der Waals surface area contributed by atoms with Crippen LogP contribution in [0.5, 0.6) is 5.75 Å². The summed E-state index contributed by atoms with van der Waals surface area (Å²) in [5.41, 5.74) is 9.66. The van der Waals surface area contributed by atoms with Crippen molar-refractivity contribution in [3.63, 3.8) is 0 Å². The molecule has 180 valence electrons. The highest BCUT2D eigenvalue weighted by Crippen LogP contribution is 2.35. The van der Waals surface area contributed by atoms with Crippen LogP contribution in [0.25, 0.3) is 50.5 Å². The Bertz CT molecular complexity index is 1580. The number of phenols is 1. The summed E-state index contributed by atoms with van der Waals surface area (Å²) in [5, 5.41) is 10.6. The van der Waals surface area contributed by atoms with E-state index in [1.165, 1.54) is 11.1 Å². The molecule has 0 fully saturated rings. The number of phenolic OH excluding ortho intramolecular Hbond substituents is 1. The van der Waals surface area contributed by atoms with E-state index in [2.05, 4.69) is 78.7 Å². The van der Waals surface area contributed by atoms with Crippen molar-refractivity contribution in [2.45, 2.75) is 13.8 Å². The second-order valence-electron chi connectivity index (χ2n) is 8.76. The van der Waals surface area contributed by atoms with E-state index in [1.54, 1.807) is 12.3 Å². The number of aromatic nitrogens is 2. The molecule has 0 saturated carbocycles. The summed E-state index contributed by atoms with van der Waals surface area (Å²) < 4.78 is 0. The first-order valence-electron chi connectivity index (χ1n) is 12.4. The van der Waals surface area contributed by atoms with Crippen LogP contribution in [0.15, 0.2) is 128 Å². The molecule has 0 aliphatic heterocycles. The summed E-state index contributed by atoms with van der Waals surface area (Å²) in [7, 11) is 0. The molecular weight excluding hydrogens is 452 g/mol. The van der Waals surface area contributed by atoms with E-state index in [-0.39, 0.29) is 5.75 Å². The molecule has 0 bridgehead atoms. The van der Waals surface area contributed by atoms with E-state index in [1.807, 2.05) is 55.5 Å². The molecule has 37 heavy (non-hydrogen) atoms. The minimum atomic E-state index is 0.208. The number of allylic oxidation sites excluding steroid dienone is 4. The third kappa shape index (κ3) is 5.26.